The first-order valence-corrected chi connectivity index (χ1v) is 8.37. The fourth-order valence-corrected chi connectivity index (χ4v) is 3.21. The summed E-state index contributed by atoms with van der Waals surface area (Å²) >= 11 is 0. The smallest absolute Gasteiger partial charge is 0.358 e. The van der Waals surface area contributed by atoms with Crippen molar-refractivity contribution in [3.05, 3.63) is 65.9 Å². The molecule has 0 bridgehead atoms. The van der Waals surface area contributed by atoms with Crippen LogP contribution in [0.3, 0.4) is 0 Å². The first-order chi connectivity index (χ1) is 12.4. The third-order valence-electron chi connectivity index (χ3n) is 4.62. The number of nitrogens with one attached hydrogen (secondary N) is 2. The Labute approximate surface area is 148 Å². The fraction of sp³-hybridized carbons (Fsp3) is 0.333. The molecule has 2 unspecified atom stereocenters. The van der Waals surface area contributed by atoms with E-state index < -0.39 is 18.1 Å². The molecule has 1 saturated carbocycles. The molecular formula is C18H17F3N4O. The summed E-state index contributed by atoms with van der Waals surface area (Å²) in [5.41, 5.74) is 0.503. The maximum absolute atomic E-state index is 13.5. The van der Waals surface area contributed by atoms with Crippen LogP contribution in [0.5, 0.6) is 0 Å². The van der Waals surface area contributed by atoms with Gasteiger partial charge in [-0.05, 0) is 43.0 Å². The molecule has 2 aliphatic heterocycles. The minimum absolute atomic E-state index is 0.0915. The van der Waals surface area contributed by atoms with E-state index in [1.54, 1.807) is 12.2 Å². The molecule has 1 aromatic heterocycles. The van der Waals surface area contributed by atoms with Crippen LogP contribution >= 0.6 is 0 Å². The third-order valence-corrected chi connectivity index (χ3v) is 4.62. The van der Waals surface area contributed by atoms with Crippen LogP contribution in [0.15, 0.2) is 60.2 Å². The van der Waals surface area contributed by atoms with Crippen molar-refractivity contribution in [2.75, 3.05) is 0 Å². The average Bonchev–Trinajstić information content (AvgIpc) is 3.39. The Balaban J connectivity index is 1.60. The molecule has 3 aliphatic rings. The van der Waals surface area contributed by atoms with E-state index in [9.17, 15) is 18.0 Å². The van der Waals surface area contributed by atoms with Crippen LogP contribution in [-0.2, 0) is 4.79 Å². The third kappa shape index (κ3) is 3.07. The van der Waals surface area contributed by atoms with Gasteiger partial charge < -0.3 is 15.5 Å². The fourth-order valence-electron chi connectivity index (χ4n) is 3.21. The number of rotatable bonds is 4. The van der Waals surface area contributed by atoms with E-state index in [1.165, 1.54) is 24.4 Å². The Morgan fingerprint density at radius 2 is 2.12 bits per heavy atom. The Bertz CT molecular complexity index is 796. The Hall–Kier alpha value is -2.77. The van der Waals surface area contributed by atoms with Gasteiger partial charge in [0.25, 0.3) is 5.91 Å². The van der Waals surface area contributed by atoms with Crippen molar-refractivity contribution < 1.29 is 18.0 Å². The highest BCUT2D eigenvalue weighted by Gasteiger charge is 2.46. The zero-order valence-corrected chi connectivity index (χ0v) is 13.7. The van der Waals surface area contributed by atoms with Gasteiger partial charge in [-0.15, -0.1) is 0 Å². The minimum atomic E-state index is -4.65. The molecule has 0 spiro atoms. The molecule has 2 N–H and O–H groups in total. The van der Waals surface area contributed by atoms with E-state index in [2.05, 4.69) is 15.6 Å². The van der Waals surface area contributed by atoms with Crippen molar-refractivity contribution in [2.45, 2.75) is 31.2 Å². The molecule has 136 valence electrons. The van der Waals surface area contributed by atoms with Crippen LogP contribution < -0.4 is 10.6 Å². The van der Waals surface area contributed by atoms with E-state index in [0.717, 1.165) is 12.8 Å². The molecule has 1 aliphatic carbocycles. The number of aromatic nitrogens is 1. The molecule has 5 nitrogen and oxygen atoms in total. The second-order valence-corrected chi connectivity index (χ2v) is 6.50. The number of fused-ring (bicyclic) bond motifs is 1. The van der Waals surface area contributed by atoms with E-state index in [-0.39, 0.29) is 17.6 Å². The van der Waals surface area contributed by atoms with Crippen molar-refractivity contribution in [2.24, 2.45) is 5.92 Å². The molecule has 0 aromatic carbocycles. The number of carbonyl (C=O) groups excluding carboxylic acids is 1. The minimum Gasteiger partial charge on any atom is -0.358 e. The number of carbonyl (C=O) groups is 1. The second-order valence-electron chi connectivity index (χ2n) is 6.50. The molecule has 0 saturated heterocycles. The monoisotopic (exact) mass is 362 g/mol. The molecule has 8 heteroatoms. The molecule has 1 aromatic rings. The SMILES string of the molecule is O=C(NC(c1ccccn1)C(F)(F)F)C1=C2C=CC=CN2C(C2CC2)N1. The molecule has 2 atom stereocenters. The van der Waals surface area contributed by atoms with Gasteiger partial charge in [-0.25, -0.2) is 0 Å². The maximum Gasteiger partial charge on any atom is 0.414 e. The van der Waals surface area contributed by atoms with Crippen LogP contribution in [0, 0.1) is 5.92 Å². The molecule has 0 radical (unpaired) electrons. The quantitative estimate of drug-likeness (QED) is 0.865. The predicted octanol–water partition coefficient (Wildman–Crippen LogP) is 2.74. The number of halogens is 3. The Kier molecular flexibility index (Phi) is 3.97. The lowest BCUT2D eigenvalue weighted by Gasteiger charge is -2.25. The molecule has 3 heterocycles. The van der Waals surface area contributed by atoms with E-state index >= 15 is 0 Å². The van der Waals surface area contributed by atoms with Crippen LogP contribution in [0.2, 0.25) is 0 Å². The number of amides is 1. The molecule has 1 amide bonds. The van der Waals surface area contributed by atoms with Crippen LogP contribution in [0.1, 0.15) is 24.6 Å². The normalized spacial score (nSPS) is 22.9. The largest absolute Gasteiger partial charge is 0.414 e. The van der Waals surface area contributed by atoms with Gasteiger partial charge in [0.15, 0.2) is 6.04 Å². The average molecular weight is 362 g/mol. The number of alkyl halides is 3. The highest BCUT2D eigenvalue weighted by Crippen LogP contribution is 2.40. The van der Waals surface area contributed by atoms with Gasteiger partial charge in [-0.1, -0.05) is 12.1 Å². The summed E-state index contributed by atoms with van der Waals surface area (Å²) in [5.74, 6) is -0.401. The van der Waals surface area contributed by atoms with Crippen LogP contribution in [-0.4, -0.2) is 28.1 Å². The summed E-state index contributed by atoms with van der Waals surface area (Å²) in [4.78, 5) is 18.3. The Morgan fingerprint density at radius 1 is 1.31 bits per heavy atom. The number of pyridine rings is 1. The highest BCUT2D eigenvalue weighted by molar-refractivity contribution is 5.95. The first-order valence-electron chi connectivity index (χ1n) is 8.37. The van der Waals surface area contributed by atoms with Crippen LogP contribution in [0.4, 0.5) is 13.2 Å². The van der Waals surface area contributed by atoms with Crippen molar-refractivity contribution in [1.29, 1.82) is 0 Å². The lowest BCUT2D eigenvalue weighted by atomic mass is 10.1. The topological polar surface area (TPSA) is 57.3 Å². The number of nitrogens with zero attached hydrogens (tertiary/aromatic N) is 2. The summed E-state index contributed by atoms with van der Waals surface area (Å²) in [6.07, 6.45) is 5.77. The van der Waals surface area contributed by atoms with Gasteiger partial charge >= 0.3 is 6.18 Å². The van der Waals surface area contributed by atoms with Gasteiger partial charge in [0.2, 0.25) is 0 Å². The zero-order chi connectivity index (χ0) is 18.3. The summed E-state index contributed by atoms with van der Waals surface area (Å²) in [7, 11) is 0. The zero-order valence-electron chi connectivity index (χ0n) is 13.7. The van der Waals surface area contributed by atoms with Gasteiger partial charge in [0.05, 0.1) is 11.4 Å². The molecule has 4 rings (SSSR count). The van der Waals surface area contributed by atoms with Crippen molar-refractivity contribution >= 4 is 5.91 Å². The lowest BCUT2D eigenvalue weighted by Crippen LogP contribution is -2.42. The number of hydrogen-bond donors (Lipinski definition) is 2. The van der Waals surface area contributed by atoms with Gasteiger partial charge in [-0.2, -0.15) is 13.2 Å². The summed E-state index contributed by atoms with van der Waals surface area (Å²) in [6, 6.07) is 2.07. The maximum atomic E-state index is 13.5. The standard InChI is InChI=1S/C18H17F3N4O/c19-18(20,21)15(12-5-1-3-9-22-12)24-17(26)14-13-6-2-4-10-25(13)16(23-14)11-7-8-11/h1-6,9-11,15-16,23H,7-8H2,(H,24,26). The summed E-state index contributed by atoms with van der Waals surface area (Å²) in [6.45, 7) is 0. The van der Waals surface area contributed by atoms with Gasteiger partial charge in [-0.3, -0.25) is 9.78 Å². The highest BCUT2D eigenvalue weighted by atomic mass is 19.4. The van der Waals surface area contributed by atoms with E-state index in [1.807, 2.05) is 17.2 Å². The number of hydrogen-bond acceptors (Lipinski definition) is 4. The predicted molar refractivity (Wildman–Crippen MR) is 88.0 cm³/mol. The lowest BCUT2D eigenvalue weighted by molar-refractivity contribution is -0.163. The van der Waals surface area contributed by atoms with Crippen molar-refractivity contribution in [3.8, 4) is 0 Å². The van der Waals surface area contributed by atoms with Crippen molar-refractivity contribution in [1.82, 2.24) is 20.5 Å². The van der Waals surface area contributed by atoms with Crippen LogP contribution in [0.25, 0.3) is 0 Å². The molecule has 1 fully saturated rings. The van der Waals surface area contributed by atoms with E-state index in [4.69, 9.17) is 0 Å². The van der Waals surface area contributed by atoms with Gasteiger partial charge in [0.1, 0.15) is 11.9 Å². The van der Waals surface area contributed by atoms with Gasteiger partial charge in [0, 0.05) is 12.4 Å². The molecular weight excluding hydrogens is 345 g/mol. The van der Waals surface area contributed by atoms with Crippen molar-refractivity contribution in [3.63, 3.8) is 0 Å². The Morgan fingerprint density at radius 3 is 2.77 bits per heavy atom. The first kappa shape index (κ1) is 16.7. The second kappa shape index (κ2) is 6.19. The summed E-state index contributed by atoms with van der Waals surface area (Å²) in [5, 5.41) is 5.20. The van der Waals surface area contributed by atoms with E-state index in [0.29, 0.717) is 11.6 Å². The summed E-state index contributed by atoms with van der Waals surface area (Å²) < 4.78 is 40.4. The number of allylic oxidation sites excluding steroid dienone is 3. The molecule has 26 heavy (non-hydrogen) atoms.